The minimum absolute atomic E-state index is 0.215. The maximum atomic E-state index is 13.6. The molecule has 1 fully saturated rings. The molecule has 2 heterocycles. The molecule has 0 bridgehead atoms. The first-order valence-corrected chi connectivity index (χ1v) is 10.7. The second kappa shape index (κ2) is 8.07. The summed E-state index contributed by atoms with van der Waals surface area (Å²) in [4.78, 5) is 33.1. The molecular formula is C25H29N3O2. The van der Waals surface area contributed by atoms with Crippen LogP contribution in [0, 0.1) is 20.8 Å². The molecule has 156 valence electrons. The Morgan fingerprint density at radius 3 is 2.03 bits per heavy atom. The van der Waals surface area contributed by atoms with Crippen LogP contribution >= 0.6 is 0 Å². The van der Waals surface area contributed by atoms with E-state index in [-0.39, 0.29) is 11.8 Å². The van der Waals surface area contributed by atoms with Crippen molar-refractivity contribution in [3.63, 3.8) is 0 Å². The summed E-state index contributed by atoms with van der Waals surface area (Å²) in [6.45, 7) is 12.4. The van der Waals surface area contributed by atoms with Gasteiger partial charge >= 0.3 is 0 Å². The third kappa shape index (κ3) is 3.54. The molecule has 30 heavy (non-hydrogen) atoms. The van der Waals surface area contributed by atoms with E-state index >= 15 is 0 Å². The van der Waals surface area contributed by atoms with Gasteiger partial charge in [0.2, 0.25) is 0 Å². The van der Waals surface area contributed by atoms with Gasteiger partial charge in [-0.3, -0.25) is 9.59 Å². The van der Waals surface area contributed by atoms with Crippen molar-refractivity contribution < 1.29 is 9.59 Å². The number of nitrogens with zero attached hydrogens (tertiary/aromatic N) is 3. The van der Waals surface area contributed by atoms with Crippen LogP contribution in [-0.4, -0.2) is 54.3 Å². The molecule has 0 atom stereocenters. The fourth-order valence-electron chi connectivity index (χ4n) is 4.35. The standard InChI is InChI=1S/C25H29N3O2/c1-5-26-12-14-27(15-13-26)23-22(20-9-6-17(2)7-10-20)24(29)28(25(23)30)21-11-8-18(3)16-19(21)4/h6-11,16H,5,12-15H2,1-4H3. The summed E-state index contributed by atoms with van der Waals surface area (Å²) in [5.41, 5.74) is 5.70. The molecule has 0 aromatic heterocycles. The Morgan fingerprint density at radius 2 is 1.43 bits per heavy atom. The van der Waals surface area contributed by atoms with Gasteiger partial charge in [0.05, 0.1) is 11.3 Å². The minimum Gasteiger partial charge on any atom is -0.364 e. The molecule has 2 aromatic rings. The normalized spacial score (nSPS) is 18.0. The molecule has 0 saturated carbocycles. The Hall–Kier alpha value is -2.92. The van der Waals surface area contributed by atoms with Gasteiger partial charge in [-0.25, -0.2) is 4.90 Å². The Kier molecular flexibility index (Phi) is 5.48. The van der Waals surface area contributed by atoms with E-state index in [1.807, 2.05) is 63.2 Å². The second-order valence-electron chi connectivity index (χ2n) is 8.25. The molecule has 2 aliphatic rings. The van der Waals surface area contributed by atoms with Gasteiger partial charge in [-0.2, -0.15) is 0 Å². The number of piperazine rings is 1. The van der Waals surface area contributed by atoms with Crippen molar-refractivity contribution in [2.75, 3.05) is 37.6 Å². The number of hydrogen-bond donors (Lipinski definition) is 0. The van der Waals surface area contributed by atoms with Gasteiger partial charge in [0.1, 0.15) is 5.70 Å². The van der Waals surface area contributed by atoms with Crippen molar-refractivity contribution in [1.82, 2.24) is 9.80 Å². The van der Waals surface area contributed by atoms with Gasteiger partial charge in [-0.15, -0.1) is 0 Å². The zero-order valence-corrected chi connectivity index (χ0v) is 18.2. The third-order valence-electron chi connectivity index (χ3n) is 6.13. The molecule has 5 nitrogen and oxygen atoms in total. The molecule has 5 heteroatoms. The number of carbonyl (C=O) groups is 2. The zero-order chi connectivity index (χ0) is 21.4. The van der Waals surface area contributed by atoms with Gasteiger partial charge in [0.25, 0.3) is 11.8 Å². The molecule has 2 aliphatic heterocycles. The lowest BCUT2D eigenvalue weighted by Gasteiger charge is -2.36. The van der Waals surface area contributed by atoms with E-state index in [1.165, 1.54) is 4.90 Å². The summed E-state index contributed by atoms with van der Waals surface area (Å²) in [7, 11) is 0. The van der Waals surface area contributed by atoms with E-state index in [0.29, 0.717) is 17.0 Å². The summed E-state index contributed by atoms with van der Waals surface area (Å²) in [5.74, 6) is -0.448. The van der Waals surface area contributed by atoms with Crippen LogP contribution in [0.1, 0.15) is 29.2 Å². The maximum Gasteiger partial charge on any atom is 0.282 e. The SMILES string of the molecule is CCN1CCN(C2=C(c3ccc(C)cc3)C(=O)N(c3ccc(C)cc3C)C2=O)CC1. The van der Waals surface area contributed by atoms with E-state index in [4.69, 9.17) is 0 Å². The fourth-order valence-corrected chi connectivity index (χ4v) is 4.35. The average Bonchev–Trinajstić information content (AvgIpc) is 2.99. The first-order chi connectivity index (χ1) is 14.4. The van der Waals surface area contributed by atoms with Crippen LogP contribution in [0.25, 0.3) is 5.57 Å². The van der Waals surface area contributed by atoms with Gasteiger partial charge in [0, 0.05) is 26.2 Å². The van der Waals surface area contributed by atoms with E-state index in [2.05, 4.69) is 16.7 Å². The predicted molar refractivity (Wildman–Crippen MR) is 120 cm³/mol. The monoisotopic (exact) mass is 403 g/mol. The first kappa shape index (κ1) is 20.4. The summed E-state index contributed by atoms with van der Waals surface area (Å²) < 4.78 is 0. The predicted octanol–water partition coefficient (Wildman–Crippen LogP) is 3.53. The summed E-state index contributed by atoms with van der Waals surface area (Å²) in [6.07, 6.45) is 0. The quantitative estimate of drug-likeness (QED) is 0.733. The number of rotatable bonds is 4. The van der Waals surface area contributed by atoms with Gasteiger partial charge in [0.15, 0.2) is 0 Å². The highest BCUT2D eigenvalue weighted by atomic mass is 16.2. The van der Waals surface area contributed by atoms with Crippen molar-refractivity contribution in [1.29, 1.82) is 0 Å². The Balaban J connectivity index is 1.79. The molecule has 2 aromatic carbocycles. The van der Waals surface area contributed by atoms with Crippen LogP contribution in [0.2, 0.25) is 0 Å². The van der Waals surface area contributed by atoms with Gasteiger partial charge < -0.3 is 9.80 Å². The topological polar surface area (TPSA) is 43.9 Å². The van der Waals surface area contributed by atoms with Crippen molar-refractivity contribution in [2.24, 2.45) is 0 Å². The number of benzene rings is 2. The molecule has 0 radical (unpaired) electrons. The zero-order valence-electron chi connectivity index (χ0n) is 18.2. The number of amides is 2. The summed E-state index contributed by atoms with van der Waals surface area (Å²) >= 11 is 0. The number of anilines is 1. The lowest BCUT2D eigenvalue weighted by molar-refractivity contribution is -0.120. The van der Waals surface area contributed by atoms with Crippen molar-refractivity contribution in [2.45, 2.75) is 27.7 Å². The first-order valence-electron chi connectivity index (χ1n) is 10.7. The molecule has 0 unspecified atom stereocenters. The highest BCUT2D eigenvalue weighted by Gasteiger charge is 2.43. The molecule has 1 saturated heterocycles. The number of aryl methyl sites for hydroxylation is 3. The van der Waals surface area contributed by atoms with Gasteiger partial charge in [-0.05, 0) is 44.5 Å². The second-order valence-corrected chi connectivity index (χ2v) is 8.25. The molecular weight excluding hydrogens is 374 g/mol. The Morgan fingerprint density at radius 1 is 0.800 bits per heavy atom. The number of imide groups is 1. The summed E-state index contributed by atoms with van der Waals surface area (Å²) in [6, 6.07) is 13.7. The Labute approximate surface area is 178 Å². The Bertz CT molecular complexity index is 1020. The molecule has 0 N–H and O–H groups in total. The molecule has 4 rings (SSSR count). The third-order valence-corrected chi connectivity index (χ3v) is 6.13. The smallest absolute Gasteiger partial charge is 0.282 e. The largest absolute Gasteiger partial charge is 0.364 e. The maximum absolute atomic E-state index is 13.6. The lowest BCUT2D eigenvalue weighted by atomic mass is 10.0. The highest BCUT2D eigenvalue weighted by Crippen LogP contribution is 2.36. The highest BCUT2D eigenvalue weighted by molar-refractivity contribution is 6.45. The van der Waals surface area contributed by atoms with Crippen LogP contribution in [0.3, 0.4) is 0 Å². The van der Waals surface area contributed by atoms with Crippen molar-refractivity contribution >= 4 is 23.1 Å². The van der Waals surface area contributed by atoms with E-state index in [0.717, 1.165) is 55.0 Å². The van der Waals surface area contributed by atoms with Crippen molar-refractivity contribution in [3.8, 4) is 0 Å². The summed E-state index contributed by atoms with van der Waals surface area (Å²) in [5, 5.41) is 0. The minimum atomic E-state index is -0.233. The van der Waals surface area contributed by atoms with Crippen LogP contribution in [0.4, 0.5) is 5.69 Å². The van der Waals surface area contributed by atoms with Gasteiger partial charge in [-0.1, -0.05) is 54.4 Å². The molecule has 0 spiro atoms. The fraction of sp³-hybridized carbons (Fsp3) is 0.360. The van der Waals surface area contributed by atoms with Crippen LogP contribution in [-0.2, 0) is 9.59 Å². The van der Waals surface area contributed by atoms with Crippen LogP contribution in [0.5, 0.6) is 0 Å². The lowest BCUT2D eigenvalue weighted by Crippen LogP contribution is -2.47. The average molecular weight is 404 g/mol. The molecule has 0 aliphatic carbocycles. The van der Waals surface area contributed by atoms with Crippen LogP contribution < -0.4 is 4.90 Å². The van der Waals surface area contributed by atoms with Crippen molar-refractivity contribution in [3.05, 3.63) is 70.4 Å². The van der Waals surface area contributed by atoms with E-state index < -0.39 is 0 Å². The number of carbonyl (C=O) groups excluding carboxylic acids is 2. The molecule has 2 amide bonds. The number of hydrogen-bond acceptors (Lipinski definition) is 4. The number of likely N-dealkylation sites (N-methyl/N-ethyl adjacent to an activating group) is 1. The van der Waals surface area contributed by atoms with E-state index in [1.54, 1.807) is 0 Å². The van der Waals surface area contributed by atoms with E-state index in [9.17, 15) is 9.59 Å². The van der Waals surface area contributed by atoms with Crippen LogP contribution in [0.15, 0.2) is 48.2 Å².